The van der Waals surface area contributed by atoms with E-state index in [0.717, 1.165) is 17.0 Å². The van der Waals surface area contributed by atoms with Gasteiger partial charge in [-0.1, -0.05) is 23.4 Å². The van der Waals surface area contributed by atoms with Gasteiger partial charge in [0.15, 0.2) is 0 Å². The molecule has 0 saturated carbocycles. The van der Waals surface area contributed by atoms with Crippen LogP contribution in [0.4, 0.5) is 5.69 Å². The van der Waals surface area contributed by atoms with E-state index in [4.69, 9.17) is 16.3 Å². The third-order valence-electron chi connectivity index (χ3n) is 3.91. The van der Waals surface area contributed by atoms with Gasteiger partial charge in [-0.3, -0.25) is 4.79 Å². The second-order valence-electron chi connectivity index (χ2n) is 5.96. The molecule has 0 aliphatic heterocycles. The van der Waals surface area contributed by atoms with Gasteiger partial charge in [-0.15, -0.1) is 0 Å². The number of anilines is 1. The van der Waals surface area contributed by atoms with Crippen LogP contribution in [0.2, 0.25) is 5.02 Å². The van der Waals surface area contributed by atoms with Crippen molar-refractivity contribution in [2.45, 2.75) is 11.9 Å². The molecule has 0 saturated heterocycles. The predicted molar refractivity (Wildman–Crippen MR) is 116 cm³/mol. The van der Waals surface area contributed by atoms with Crippen LogP contribution in [0.15, 0.2) is 65.7 Å². The van der Waals surface area contributed by atoms with Crippen LogP contribution in [-0.4, -0.2) is 23.3 Å². The number of hydrogen-bond acceptors (Lipinski definition) is 5. The van der Waals surface area contributed by atoms with Crippen molar-refractivity contribution in [1.29, 1.82) is 5.26 Å². The molecule has 1 N–H and O–H groups in total. The molecule has 1 amide bonds. The summed E-state index contributed by atoms with van der Waals surface area (Å²) >= 11 is 7.08. The highest BCUT2D eigenvalue weighted by atomic mass is 35.5. The average molecular weight is 424 g/mol. The summed E-state index contributed by atoms with van der Waals surface area (Å²) in [6.07, 6.45) is 0. The molecule has 146 valence electrons. The first-order chi connectivity index (χ1) is 14.1. The summed E-state index contributed by atoms with van der Waals surface area (Å²) in [7, 11) is 0. The molecule has 0 bridgehead atoms. The average Bonchev–Trinajstić information content (AvgIpc) is 2.74. The molecule has 7 heteroatoms. The lowest BCUT2D eigenvalue weighted by molar-refractivity contribution is -0.113. The van der Waals surface area contributed by atoms with Gasteiger partial charge in [0, 0.05) is 16.3 Å². The van der Waals surface area contributed by atoms with Crippen LogP contribution < -0.4 is 10.1 Å². The minimum atomic E-state index is -0.186. The van der Waals surface area contributed by atoms with Gasteiger partial charge in [0.05, 0.1) is 23.6 Å². The molecule has 0 radical (unpaired) electrons. The Bertz CT molecular complexity index is 1030. The Hall–Kier alpha value is -3.01. The fraction of sp³-hybridized carbons (Fsp3) is 0.136. The first-order valence-corrected chi connectivity index (χ1v) is 10.3. The number of halogens is 1. The van der Waals surface area contributed by atoms with Crippen LogP contribution in [0, 0.1) is 11.3 Å². The molecule has 3 rings (SSSR count). The zero-order valence-corrected chi connectivity index (χ0v) is 17.3. The summed E-state index contributed by atoms with van der Waals surface area (Å²) in [6, 6.07) is 20.1. The third-order valence-corrected chi connectivity index (χ3v) is 5.15. The number of nitrogens with zero attached hydrogens (tertiary/aromatic N) is 2. The van der Waals surface area contributed by atoms with Crippen molar-refractivity contribution in [2.75, 3.05) is 17.7 Å². The number of carbonyl (C=O) groups excluding carboxylic acids is 1. The van der Waals surface area contributed by atoms with E-state index >= 15 is 0 Å². The van der Waals surface area contributed by atoms with Crippen LogP contribution in [0.25, 0.3) is 11.3 Å². The highest BCUT2D eigenvalue weighted by molar-refractivity contribution is 8.00. The van der Waals surface area contributed by atoms with Gasteiger partial charge in [0.1, 0.15) is 16.8 Å². The number of thioether (sulfide) groups is 1. The van der Waals surface area contributed by atoms with Gasteiger partial charge in [0.25, 0.3) is 0 Å². The van der Waals surface area contributed by atoms with Crippen LogP contribution in [0.3, 0.4) is 0 Å². The van der Waals surface area contributed by atoms with Crippen molar-refractivity contribution in [3.63, 3.8) is 0 Å². The molecule has 0 aliphatic rings. The molecule has 0 aliphatic carbocycles. The fourth-order valence-corrected chi connectivity index (χ4v) is 3.45. The van der Waals surface area contributed by atoms with E-state index < -0.39 is 0 Å². The van der Waals surface area contributed by atoms with E-state index in [-0.39, 0.29) is 11.7 Å². The van der Waals surface area contributed by atoms with E-state index in [1.165, 1.54) is 11.8 Å². The topological polar surface area (TPSA) is 75.0 Å². The number of nitriles is 1. The van der Waals surface area contributed by atoms with E-state index in [2.05, 4.69) is 16.4 Å². The summed E-state index contributed by atoms with van der Waals surface area (Å²) in [4.78, 5) is 16.8. The third kappa shape index (κ3) is 5.74. The Morgan fingerprint density at radius 2 is 1.86 bits per heavy atom. The van der Waals surface area contributed by atoms with Gasteiger partial charge < -0.3 is 10.1 Å². The Kier molecular flexibility index (Phi) is 7.12. The van der Waals surface area contributed by atoms with Crippen molar-refractivity contribution >= 4 is 35.0 Å². The highest BCUT2D eigenvalue weighted by Gasteiger charge is 2.11. The fourth-order valence-electron chi connectivity index (χ4n) is 2.55. The Balaban J connectivity index is 1.71. The maximum absolute atomic E-state index is 12.2. The first kappa shape index (κ1) is 20.7. The van der Waals surface area contributed by atoms with E-state index in [1.54, 1.807) is 36.4 Å². The number of rotatable bonds is 7. The first-order valence-electron chi connectivity index (χ1n) is 8.91. The number of ether oxygens (including phenoxy) is 1. The molecule has 3 aromatic rings. The summed E-state index contributed by atoms with van der Waals surface area (Å²) < 4.78 is 5.46. The lowest BCUT2D eigenvalue weighted by Gasteiger charge is -2.09. The van der Waals surface area contributed by atoms with Crippen LogP contribution in [-0.2, 0) is 4.79 Å². The van der Waals surface area contributed by atoms with E-state index in [9.17, 15) is 10.1 Å². The van der Waals surface area contributed by atoms with Crippen LogP contribution >= 0.6 is 23.4 Å². The molecule has 29 heavy (non-hydrogen) atoms. The lowest BCUT2D eigenvalue weighted by Crippen LogP contribution is -2.14. The zero-order chi connectivity index (χ0) is 20.6. The van der Waals surface area contributed by atoms with Crippen molar-refractivity contribution in [3.05, 3.63) is 71.2 Å². The Labute approximate surface area is 178 Å². The van der Waals surface area contributed by atoms with Gasteiger partial charge in [-0.2, -0.15) is 5.26 Å². The normalized spacial score (nSPS) is 10.2. The quantitative estimate of drug-likeness (QED) is 0.514. The largest absolute Gasteiger partial charge is 0.494 e. The van der Waals surface area contributed by atoms with Gasteiger partial charge in [-0.05, 0) is 67.6 Å². The zero-order valence-electron chi connectivity index (χ0n) is 15.7. The number of amides is 1. The Morgan fingerprint density at radius 1 is 1.14 bits per heavy atom. The van der Waals surface area contributed by atoms with Gasteiger partial charge in [0.2, 0.25) is 5.91 Å². The molecule has 0 unspecified atom stereocenters. The highest BCUT2D eigenvalue weighted by Crippen LogP contribution is 2.27. The molecule has 0 spiro atoms. The number of carbonyl (C=O) groups is 1. The molecule has 5 nitrogen and oxygen atoms in total. The monoisotopic (exact) mass is 423 g/mol. The molecule has 1 heterocycles. The number of benzene rings is 2. The number of nitrogens with one attached hydrogen (secondary N) is 1. The van der Waals surface area contributed by atoms with Crippen molar-refractivity contribution in [3.8, 4) is 23.1 Å². The van der Waals surface area contributed by atoms with Crippen LogP contribution in [0.5, 0.6) is 5.75 Å². The number of hydrogen-bond donors (Lipinski definition) is 1. The Morgan fingerprint density at radius 3 is 2.52 bits per heavy atom. The van der Waals surface area contributed by atoms with Crippen molar-refractivity contribution < 1.29 is 9.53 Å². The molecule has 2 aromatic carbocycles. The summed E-state index contributed by atoms with van der Waals surface area (Å²) in [5.41, 5.74) is 2.73. The maximum Gasteiger partial charge on any atom is 0.234 e. The van der Waals surface area contributed by atoms with Crippen molar-refractivity contribution in [1.82, 2.24) is 4.98 Å². The van der Waals surface area contributed by atoms with Crippen LogP contribution in [0.1, 0.15) is 12.5 Å². The number of pyridine rings is 1. The van der Waals surface area contributed by atoms with Gasteiger partial charge >= 0.3 is 0 Å². The summed E-state index contributed by atoms with van der Waals surface area (Å²) in [6.45, 7) is 2.54. The second kappa shape index (κ2) is 9.97. The van der Waals surface area contributed by atoms with E-state index in [1.807, 2.05) is 31.2 Å². The maximum atomic E-state index is 12.2. The summed E-state index contributed by atoms with van der Waals surface area (Å²) in [5, 5.41) is 13.3. The minimum absolute atomic E-state index is 0.136. The van der Waals surface area contributed by atoms with E-state index in [0.29, 0.717) is 27.9 Å². The molecule has 1 aromatic heterocycles. The molecule has 0 fully saturated rings. The smallest absolute Gasteiger partial charge is 0.234 e. The summed E-state index contributed by atoms with van der Waals surface area (Å²) in [5.74, 6) is 0.740. The standard InChI is InChI=1S/C22H18ClN3O2S/c1-2-28-19-10-3-15(4-11-19)20-12-5-16(13-24)22(26-20)29-14-21(27)25-18-8-6-17(23)7-9-18/h3-12H,2,14H2,1H3,(H,25,27). The predicted octanol–water partition coefficient (Wildman–Crippen LogP) is 5.40. The minimum Gasteiger partial charge on any atom is -0.494 e. The lowest BCUT2D eigenvalue weighted by atomic mass is 10.1. The molecular formula is C22H18ClN3O2S. The SMILES string of the molecule is CCOc1ccc(-c2ccc(C#N)c(SCC(=O)Nc3ccc(Cl)cc3)n2)cc1. The van der Waals surface area contributed by atoms with Crippen molar-refractivity contribution in [2.24, 2.45) is 0 Å². The molecule has 0 atom stereocenters. The van der Waals surface area contributed by atoms with Gasteiger partial charge in [-0.25, -0.2) is 4.98 Å². The number of aromatic nitrogens is 1. The second-order valence-corrected chi connectivity index (χ2v) is 7.36. The molecular weight excluding hydrogens is 406 g/mol.